The van der Waals surface area contributed by atoms with Crippen molar-refractivity contribution in [1.82, 2.24) is 9.47 Å². The monoisotopic (exact) mass is 475 g/mol. The Balaban J connectivity index is 2.10. The summed E-state index contributed by atoms with van der Waals surface area (Å²) >= 11 is 0. The van der Waals surface area contributed by atoms with Gasteiger partial charge in [0.2, 0.25) is 10.0 Å². The minimum atomic E-state index is -3.81. The molecule has 7 heteroatoms. The lowest BCUT2D eigenvalue weighted by atomic mass is 9.85. The van der Waals surface area contributed by atoms with Crippen molar-refractivity contribution in [3.05, 3.63) is 35.5 Å². The average molecular weight is 476 g/mol. The maximum Gasteiger partial charge on any atom is 0.239 e. The van der Waals surface area contributed by atoms with Crippen molar-refractivity contribution >= 4 is 10.0 Å². The molecule has 1 aromatic carbocycles. The summed E-state index contributed by atoms with van der Waals surface area (Å²) in [5, 5.41) is 5.60. The number of nitrogens with two attached hydrogens (primary N) is 1. The van der Waals surface area contributed by atoms with Crippen molar-refractivity contribution in [2.75, 3.05) is 27.2 Å². The number of hydrogen-bond donors (Lipinski definition) is 1. The van der Waals surface area contributed by atoms with Crippen LogP contribution in [0.3, 0.4) is 0 Å². The standard InChI is InChI=1S/C26H41N3O3S/c1-19-25(33(27,30)31)17-24(29(19)18-20-10-8-7-9-11-20)21-14-22(26(2,3)4)16-23(15-21)32-13-12-28(5)6/h14-17,20H,7-13,18H2,1-6H3,(H2,27,30,31). The van der Waals surface area contributed by atoms with Gasteiger partial charge in [-0.25, -0.2) is 13.6 Å². The lowest BCUT2D eigenvalue weighted by Crippen LogP contribution is -2.20. The Morgan fingerprint density at radius 1 is 1.09 bits per heavy atom. The third-order valence-corrected chi connectivity index (χ3v) is 7.69. The maximum atomic E-state index is 12.4. The Bertz CT molecular complexity index is 1060. The van der Waals surface area contributed by atoms with E-state index in [4.69, 9.17) is 9.88 Å². The van der Waals surface area contributed by atoms with Crippen LogP contribution in [0.2, 0.25) is 0 Å². The van der Waals surface area contributed by atoms with Crippen molar-refractivity contribution in [3.8, 4) is 17.0 Å². The molecule has 1 fully saturated rings. The van der Waals surface area contributed by atoms with Gasteiger partial charge < -0.3 is 14.2 Å². The third-order valence-electron chi connectivity index (χ3n) is 6.67. The molecule has 1 saturated carbocycles. The summed E-state index contributed by atoms with van der Waals surface area (Å²) in [6.07, 6.45) is 6.14. The first kappa shape index (κ1) is 25.8. The molecule has 184 valence electrons. The highest BCUT2D eigenvalue weighted by molar-refractivity contribution is 7.89. The Morgan fingerprint density at radius 2 is 1.76 bits per heavy atom. The summed E-state index contributed by atoms with van der Waals surface area (Å²) < 4.78 is 33.0. The van der Waals surface area contributed by atoms with Crippen LogP contribution in [0.5, 0.6) is 5.75 Å². The van der Waals surface area contributed by atoms with Gasteiger partial charge in [0.1, 0.15) is 17.3 Å². The molecule has 1 aliphatic carbocycles. The summed E-state index contributed by atoms with van der Waals surface area (Å²) in [7, 11) is 0.234. The molecule has 3 rings (SSSR count). The third kappa shape index (κ3) is 6.61. The van der Waals surface area contributed by atoms with Gasteiger partial charge in [-0.2, -0.15) is 0 Å². The fourth-order valence-corrected chi connectivity index (χ4v) is 5.42. The lowest BCUT2D eigenvalue weighted by molar-refractivity contribution is 0.261. The number of hydrogen-bond acceptors (Lipinski definition) is 4. The highest BCUT2D eigenvalue weighted by atomic mass is 32.2. The van der Waals surface area contributed by atoms with Crippen molar-refractivity contribution in [1.29, 1.82) is 0 Å². The highest BCUT2D eigenvalue weighted by Crippen LogP contribution is 2.36. The molecule has 2 aromatic rings. The normalized spacial score (nSPS) is 15.9. The molecule has 2 N–H and O–H groups in total. The van der Waals surface area contributed by atoms with Gasteiger partial charge in [0, 0.05) is 30.0 Å². The second kappa shape index (κ2) is 10.2. The van der Waals surface area contributed by atoms with Crippen LogP contribution in [0.4, 0.5) is 0 Å². The fraction of sp³-hybridized carbons (Fsp3) is 0.615. The minimum absolute atomic E-state index is 0.0751. The van der Waals surface area contributed by atoms with Gasteiger partial charge in [0.05, 0.1) is 0 Å². The van der Waals surface area contributed by atoms with Gasteiger partial charge in [-0.1, -0.05) is 40.0 Å². The zero-order valence-electron chi connectivity index (χ0n) is 21.1. The lowest BCUT2D eigenvalue weighted by Gasteiger charge is -2.25. The summed E-state index contributed by atoms with van der Waals surface area (Å²) in [4.78, 5) is 2.30. The van der Waals surface area contributed by atoms with Crippen LogP contribution in [0.15, 0.2) is 29.2 Å². The number of rotatable bonds is 8. The van der Waals surface area contributed by atoms with E-state index in [1.807, 2.05) is 27.1 Å². The molecule has 0 amide bonds. The Kier molecular flexibility index (Phi) is 7.97. The van der Waals surface area contributed by atoms with E-state index >= 15 is 0 Å². The van der Waals surface area contributed by atoms with E-state index < -0.39 is 10.0 Å². The van der Waals surface area contributed by atoms with Crippen molar-refractivity contribution in [2.24, 2.45) is 11.1 Å². The van der Waals surface area contributed by atoms with E-state index in [1.165, 1.54) is 32.1 Å². The zero-order valence-corrected chi connectivity index (χ0v) is 22.0. The Labute approximate surface area is 200 Å². The van der Waals surface area contributed by atoms with Gasteiger partial charge in [-0.3, -0.25) is 0 Å². The first-order valence-corrected chi connectivity index (χ1v) is 13.6. The predicted molar refractivity (Wildman–Crippen MR) is 135 cm³/mol. The quantitative estimate of drug-likeness (QED) is 0.587. The molecule has 1 aromatic heterocycles. The summed E-state index contributed by atoms with van der Waals surface area (Å²) in [5.41, 5.74) is 3.66. The second-order valence-corrected chi connectivity index (χ2v) is 12.3. The molecule has 0 spiro atoms. The van der Waals surface area contributed by atoms with E-state index in [1.54, 1.807) is 6.07 Å². The molecular weight excluding hydrogens is 434 g/mol. The van der Waals surface area contributed by atoms with E-state index in [0.29, 0.717) is 18.2 Å². The van der Waals surface area contributed by atoms with Crippen LogP contribution in [-0.4, -0.2) is 45.1 Å². The number of ether oxygens (including phenoxy) is 1. The molecule has 0 unspecified atom stereocenters. The van der Waals surface area contributed by atoms with Gasteiger partial charge in [0.25, 0.3) is 0 Å². The smallest absolute Gasteiger partial charge is 0.239 e. The molecule has 1 heterocycles. The fourth-order valence-electron chi connectivity index (χ4n) is 4.62. The van der Waals surface area contributed by atoms with Crippen molar-refractivity contribution in [2.45, 2.75) is 76.7 Å². The Morgan fingerprint density at radius 3 is 2.33 bits per heavy atom. The SMILES string of the molecule is Cc1c(S(N)(=O)=O)cc(-c2cc(OCCN(C)C)cc(C(C)(C)C)c2)n1CC1CCCCC1. The molecule has 0 aliphatic heterocycles. The van der Waals surface area contributed by atoms with E-state index in [0.717, 1.165) is 35.7 Å². The summed E-state index contributed by atoms with van der Waals surface area (Å²) in [5.74, 6) is 1.36. The molecule has 0 radical (unpaired) electrons. The van der Waals surface area contributed by atoms with Crippen LogP contribution >= 0.6 is 0 Å². The largest absolute Gasteiger partial charge is 0.492 e. The second-order valence-electron chi connectivity index (χ2n) is 10.8. The van der Waals surface area contributed by atoms with Gasteiger partial charge in [-0.05, 0) is 75.0 Å². The Hall–Kier alpha value is -1.83. The summed E-state index contributed by atoms with van der Waals surface area (Å²) in [6.45, 7) is 10.6. The number of benzene rings is 1. The number of sulfonamides is 1. The van der Waals surface area contributed by atoms with Crippen LogP contribution in [0, 0.1) is 12.8 Å². The predicted octanol–water partition coefficient (Wildman–Crippen LogP) is 4.93. The van der Waals surface area contributed by atoms with Gasteiger partial charge in [-0.15, -0.1) is 0 Å². The minimum Gasteiger partial charge on any atom is -0.492 e. The highest BCUT2D eigenvalue weighted by Gasteiger charge is 2.25. The van der Waals surface area contributed by atoms with E-state index in [2.05, 4.69) is 42.4 Å². The molecule has 1 aliphatic rings. The summed E-state index contributed by atoms with van der Waals surface area (Å²) in [6, 6.07) is 8.04. The number of nitrogens with zero attached hydrogens (tertiary/aromatic N) is 2. The molecule has 0 saturated heterocycles. The molecule has 33 heavy (non-hydrogen) atoms. The van der Waals surface area contributed by atoms with Gasteiger partial charge >= 0.3 is 0 Å². The molecule has 6 nitrogen and oxygen atoms in total. The number of primary sulfonamides is 1. The molecular formula is C26H41N3O3S. The number of aromatic nitrogens is 1. The first-order chi connectivity index (χ1) is 15.4. The first-order valence-electron chi connectivity index (χ1n) is 12.0. The van der Waals surface area contributed by atoms with Crippen LogP contribution < -0.4 is 9.88 Å². The molecule has 0 atom stereocenters. The van der Waals surface area contributed by atoms with E-state index in [9.17, 15) is 8.42 Å². The number of likely N-dealkylation sites (N-methyl/N-ethyl adjacent to an activating group) is 1. The van der Waals surface area contributed by atoms with Crippen molar-refractivity contribution in [3.63, 3.8) is 0 Å². The van der Waals surface area contributed by atoms with E-state index in [-0.39, 0.29) is 10.3 Å². The van der Waals surface area contributed by atoms with Crippen LogP contribution in [-0.2, 0) is 22.0 Å². The topological polar surface area (TPSA) is 77.6 Å². The zero-order chi connectivity index (χ0) is 24.4. The molecule has 0 bridgehead atoms. The van der Waals surface area contributed by atoms with Crippen LogP contribution in [0.1, 0.15) is 64.1 Å². The van der Waals surface area contributed by atoms with Crippen molar-refractivity contribution < 1.29 is 13.2 Å². The van der Waals surface area contributed by atoms with Crippen LogP contribution in [0.25, 0.3) is 11.3 Å². The van der Waals surface area contributed by atoms with Gasteiger partial charge in [0.15, 0.2) is 0 Å². The maximum absolute atomic E-state index is 12.4. The average Bonchev–Trinajstić information content (AvgIpc) is 3.04.